The zero-order valence-corrected chi connectivity index (χ0v) is 17.6. The van der Waals surface area contributed by atoms with E-state index in [0.717, 1.165) is 20.7 Å². The Morgan fingerprint density at radius 2 is 1.78 bits per heavy atom. The quantitative estimate of drug-likeness (QED) is 0.269. The van der Waals surface area contributed by atoms with Gasteiger partial charge in [-0.05, 0) is 84.0 Å². The van der Waals surface area contributed by atoms with E-state index in [1.165, 1.54) is 12.1 Å². The van der Waals surface area contributed by atoms with Crippen LogP contribution in [-0.2, 0) is 20.7 Å². The highest BCUT2D eigenvalue weighted by Crippen LogP contribution is 2.16. The molecule has 142 valence electrons. The summed E-state index contributed by atoms with van der Waals surface area (Å²) < 4.78 is 37.1. The highest BCUT2D eigenvalue weighted by atomic mass is 127. The standard InChI is InChI=1S/C18H18IN3O4S/c1-25-17-8-6-16(7-9-17)22-13-15(20-21-22)3-2-12-26-27(23,24)18-10-4-14(19)5-11-18/h4-11,13H,2-3,12H2,1H3. The molecule has 0 saturated heterocycles. The highest BCUT2D eigenvalue weighted by Gasteiger charge is 2.14. The van der Waals surface area contributed by atoms with E-state index in [9.17, 15) is 8.42 Å². The molecule has 3 aromatic rings. The predicted octanol–water partition coefficient (Wildman–Crippen LogP) is 3.22. The van der Waals surface area contributed by atoms with Crippen LogP contribution < -0.4 is 4.74 Å². The van der Waals surface area contributed by atoms with Crippen LogP contribution >= 0.6 is 22.6 Å². The summed E-state index contributed by atoms with van der Waals surface area (Å²) in [5.74, 6) is 0.769. The molecule has 1 aromatic heterocycles. The van der Waals surface area contributed by atoms with Gasteiger partial charge in [-0.3, -0.25) is 4.18 Å². The van der Waals surface area contributed by atoms with Crippen molar-refractivity contribution in [3.63, 3.8) is 0 Å². The van der Waals surface area contributed by atoms with E-state index in [1.807, 2.05) is 30.5 Å². The summed E-state index contributed by atoms with van der Waals surface area (Å²) in [5, 5.41) is 8.20. The van der Waals surface area contributed by atoms with Gasteiger partial charge in [-0.1, -0.05) is 5.21 Å². The number of hydrogen-bond donors (Lipinski definition) is 0. The summed E-state index contributed by atoms with van der Waals surface area (Å²) in [7, 11) is -2.12. The van der Waals surface area contributed by atoms with Gasteiger partial charge in [0.05, 0.1) is 36.2 Å². The molecule has 7 nitrogen and oxygen atoms in total. The van der Waals surface area contributed by atoms with Gasteiger partial charge in [-0.25, -0.2) is 4.68 Å². The Morgan fingerprint density at radius 3 is 2.44 bits per heavy atom. The fourth-order valence-corrected chi connectivity index (χ4v) is 3.67. The first-order valence-corrected chi connectivity index (χ1v) is 10.7. The largest absolute Gasteiger partial charge is 0.497 e. The molecule has 0 N–H and O–H groups in total. The van der Waals surface area contributed by atoms with E-state index >= 15 is 0 Å². The Bertz CT molecular complexity index is 986. The second kappa shape index (κ2) is 8.81. The SMILES string of the molecule is COc1ccc(-n2cc(CCCOS(=O)(=O)c3ccc(I)cc3)nn2)cc1. The Labute approximate surface area is 171 Å². The lowest BCUT2D eigenvalue weighted by Crippen LogP contribution is -2.08. The van der Waals surface area contributed by atoms with Gasteiger partial charge < -0.3 is 4.74 Å². The van der Waals surface area contributed by atoms with Crippen molar-refractivity contribution in [2.45, 2.75) is 17.7 Å². The zero-order valence-electron chi connectivity index (χ0n) is 14.6. The van der Waals surface area contributed by atoms with Crippen LogP contribution in [0, 0.1) is 3.57 Å². The monoisotopic (exact) mass is 499 g/mol. The fourth-order valence-electron chi connectivity index (χ4n) is 2.37. The van der Waals surface area contributed by atoms with Crippen molar-refractivity contribution in [1.29, 1.82) is 0 Å². The molecular formula is C18H18IN3O4S. The Morgan fingerprint density at radius 1 is 1.07 bits per heavy atom. The van der Waals surface area contributed by atoms with Gasteiger partial charge in [-0.2, -0.15) is 8.42 Å². The number of benzene rings is 2. The minimum atomic E-state index is -3.73. The summed E-state index contributed by atoms with van der Waals surface area (Å²) in [5.41, 5.74) is 1.63. The van der Waals surface area contributed by atoms with Crippen LogP contribution in [-0.4, -0.2) is 37.1 Å². The van der Waals surface area contributed by atoms with Crippen molar-refractivity contribution in [3.05, 3.63) is 64.0 Å². The van der Waals surface area contributed by atoms with Gasteiger partial charge in [0.25, 0.3) is 10.1 Å². The van der Waals surface area contributed by atoms with Crippen molar-refractivity contribution < 1.29 is 17.3 Å². The number of methoxy groups -OCH3 is 1. The van der Waals surface area contributed by atoms with E-state index in [4.69, 9.17) is 8.92 Å². The molecule has 0 spiro atoms. The zero-order chi connectivity index (χ0) is 19.3. The molecule has 9 heteroatoms. The van der Waals surface area contributed by atoms with E-state index in [0.29, 0.717) is 12.8 Å². The molecule has 2 aromatic carbocycles. The summed E-state index contributed by atoms with van der Waals surface area (Å²) >= 11 is 2.12. The van der Waals surface area contributed by atoms with Crippen molar-refractivity contribution in [3.8, 4) is 11.4 Å². The average molecular weight is 499 g/mol. The van der Waals surface area contributed by atoms with E-state index in [-0.39, 0.29) is 11.5 Å². The molecule has 3 rings (SSSR count). The van der Waals surface area contributed by atoms with Crippen LogP contribution in [0.4, 0.5) is 0 Å². The van der Waals surface area contributed by atoms with Crippen LogP contribution in [0.2, 0.25) is 0 Å². The van der Waals surface area contributed by atoms with Gasteiger partial charge in [0.2, 0.25) is 0 Å². The molecular weight excluding hydrogens is 481 g/mol. The molecule has 0 fully saturated rings. The lowest BCUT2D eigenvalue weighted by atomic mass is 10.2. The summed E-state index contributed by atoms with van der Waals surface area (Å²) in [6.07, 6.45) is 2.90. The minimum Gasteiger partial charge on any atom is -0.497 e. The maximum absolute atomic E-state index is 12.1. The molecule has 0 atom stereocenters. The van der Waals surface area contributed by atoms with Crippen LogP contribution in [0.3, 0.4) is 0 Å². The number of aromatic nitrogens is 3. The smallest absolute Gasteiger partial charge is 0.296 e. The van der Waals surface area contributed by atoms with Crippen molar-refractivity contribution in [2.75, 3.05) is 13.7 Å². The number of hydrogen-bond acceptors (Lipinski definition) is 6. The predicted molar refractivity (Wildman–Crippen MR) is 109 cm³/mol. The normalized spacial score (nSPS) is 11.5. The first-order valence-electron chi connectivity index (χ1n) is 8.18. The summed E-state index contributed by atoms with van der Waals surface area (Å²) in [6, 6.07) is 14.0. The molecule has 1 heterocycles. The minimum absolute atomic E-state index is 0.0870. The maximum Gasteiger partial charge on any atom is 0.296 e. The number of nitrogens with zero attached hydrogens (tertiary/aromatic N) is 3. The first kappa shape index (κ1) is 19.8. The number of halogens is 1. The Kier molecular flexibility index (Phi) is 6.45. The lowest BCUT2D eigenvalue weighted by Gasteiger charge is -2.05. The molecule has 0 bridgehead atoms. The van der Waals surface area contributed by atoms with Crippen molar-refractivity contribution >= 4 is 32.7 Å². The fraction of sp³-hybridized carbons (Fsp3) is 0.222. The van der Waals surface area contributed by atoms with Gasteiger partial charge in [0.15, 0.2) is 0 Å². The molecule has 0 aliphatic heterocycles. The van der Waals surface area contributed by atoms with E-state index in [2.05, 4.69) is 32.9 Å². The highest BCUT2D eigenvalue weighted by molar-refractivity contribution is 14.1. The molecule has 27 heavy (non-hydrogen) atoms. The summed E-state index contributed by atoms with van der Waals surface area (Å²) in [6.45, 7) is 0.0870. The average Bonchev–Trinajstić information content (AvgIpc) is 3.15. The Balaban J connectivity index is 1.52. The van der Waals surface area contributed by atoms with Gasteiger partial charge in [-0.15, -0.1) is 5.10 Å². The van der Waals surface area contributed by atoms with Crippen molar-refractivity contribution in [1.82, 2.24) is 15.0 Å². The maximum atomic E-state index is 12.1. The molecule has 0 aliphatic rings. The topological polar surface area (TPSA) is 83.3 Å². The molecule has 0 aliphatic carbocycles. The lowest BCUT2D eigenvalue weighted by molar-refractivity contribution is 0.312. The second-order valence-electron chi connectivity index (χ2n) is 5.69. The first-order chi connectivity index (χ1) is 13.0. The van der Waals surface area contributed by atoms with Gasteiger partial charge >= 0.3 is 0 Å². The van der Waals surface area contributed by atoms with Gasteiger partial charge in [0, 0.05) is 3.57 Å². The third kappa shape index (κ3) is 5.27. The molecule has 0 amide bonds. The van der Waals surface area contributed by atoms with Crippen LogP contribution in [0.25, 0.3) is 5.69 Å². The van der Waals surface area contributed by atoms with Crippen LogP contribution in [0.15, 0.2) is 59.6 Å². The summed E-state index contributed by atoms with van der Waals surface area (Å²) in [4.78, 5) is 0.161. The van der Waals surface area contributed by atoms with E-state index < -0.39 is 10.1 Å². The number of ether oxygens (including phenoxy) is 1. The van der Waals surface area contributed by atoms with Gasteiger partial charge in [0.1, 0.15) is 5.75 Å². The third-order valence-electron chi connectivity index (χ3n) is 3.80. The molecule has 0 radical (unpaired) electrons. The van der Waals surface area contributed by atoms with E-state index in [1.54, 1.807) is 23.9 Å². The van der Waals surface area contributed by atoms with Crippen LogP contribution in [0.5, 0.6) is 5.75 Å². The molecule has 0 unspecified atom stereocenters. The Hall–Kier alpha value is -1.98. The second-order valence-corrected chi connectivity index (χ2v) is 8.55. The number of rotatable bonds is 8. The molecule has 0 saturated carbocycles. The number of aryl methyl sites for hydroxylation is 1. The van der Waals surface area contributed by atoms with Crippen molar-refractivity contribution in [2.24, 2.45) is 0 Å². The van der Waals surface area contributed by atoms with Crippen LogP contribution in [0.1, 0.15) is 12.1 Å². The third-order valence-corrected chi connectivity index (χ3v) is 5.84.